The molecular weight excluding hydrogens is 366 g/mol. The summed E-state index contributed by atoms with van der Waals surface area (Å²) in [5, 5.41) is 0. The molecule has 4 heteroatoms. The van der Waals surface area contributed by atoms with E-state index in [1.807, 2.05) is 60.7 Å². The van der Waals surface area contributed by atoms with Gasteiger partial charge < -0.3 is 4.90 Å². The summed E-state index contributed by atoms with van der Waals surface area (Å²) in [6.07, 6.45) is 6.19. The van der Waals surface area contributed by atoms with E-state index in [2.05, 4.69) is 6.92 Å². The van der Waals surface area contributed by atoms with Gasteiger partial charge in [0, 0.05) is 18.3 Å². The first kappa shape index (κ1) is 20.4. The number of nitrogens with zero attached hydrogens (tertiary/aromatic N) is 1. The highest BCUT2D eigenvalue weighted by Crippen LogP contribution is 2.31. The first-order valence-corrected chi connectivity index (χ1v) is 11.0. The number of para-hydroxylation sites is 1. The van der Waals surface area contributed by atoms with Gasteiger partial charge in [0.25, 0.3) is 5.91 Å². The molecule has 1 aliphatic rings. The number of benzene rings is 2. The van der Waals surface area contributed by atoms with E-state index >= 15 is 0 Å². The smallest absolute Gasteiger partial charge is 0.264 e. The lowest BCUT2D eigenvalue weighted by molar-refractivity contribution is -0.115. The van der Waals surface area contributed by atoms with Crippen molar-refractivity contribution in [3.05, 3.63) is 77.2 Å². The quantitative estimate of drug-likeness (QED) is 0.549. The van der Waals surface area contributed by atoms with Gasteiger partial charge in [0.05, 0.1) is 10.8 Å². The number of unbranched alkanes of at least 4 members (excludes halogenated alkanes) is 3. The van der Waals surface area contributed by atoms with Crippen LogP contribution in [0.25, 0.3) is 0 Å². The van der Waals surface area contributed by atoms with Crippen molar-refractivity contribution >= 4 is 29.1 Å². The number of carbonyl (C=O) groups is 2. The fraction of sp³-hybridized carbons (Fsp3) is 0.333. The number of carbonyl (C=O) groups excluding carboxylic acids is 2. The lowest BCUT2D eigenvalue weighted by Gasteiger charge is -2.25. The van der Waals surface area contributed by atoms with Crippen LogP contribution >= 0.6 is 11.8 Å². The van der Waals surface area contributed by atoms with Crippen LogP contribution in [0.5, 0.6) is 0 Å². The normalized spacial score (nSPS) is 17.4. The second-order valence-corrected chi connectivity index (χ2v) is 8.17. The molecule has 0 bridgehead atoms. The van der Waals surface area contributed by atoms with Gasteiger partial charge in [-0.3, -0.25) is 9.59 Å². The molecule has 0 spiro atoms. The fourth-order valence-electron chi connectivity index (χ4n) is 3.38. The number of hydrogen-bond acceptors (Lipinski definition) is 3. The number of anilines is 1. The molecule has 1 atom stereocenters. The van der Waals surface area contributed by atoms with E-state index in [0.29, 0.717) is 11.4 Å². The van der Waals surface area contributed by atoms with Crippen molar-refractivity contribution in [2.75, 3.05) is 17.2 Å². The maximum Gasteiger partial charge on any atom is 0.264 e. The molecule has 0 fully saturated rings. The monoisotopic (exact) mass is 393 g/mol. The number of rotatable bonds is 8. The van der Waals surface area contributed by atoms with Crippen molar-refractivity contribution in [3.63, 3.8) is 0 Å². The average Bonchev–Trinajstić information content (AvgIpc) is 2.86. The van der Waals surface area contributed by atoms with Gasteiger partial charge in [0.15, 0.2) is 5.78 Å². The highest BCUT2D eigenvalue weighted by Gasteiger charge is 2.32. The summed E-state index contributed by atoms with van der Waals surface area (Å²) >= 11 is 1.52. The first-order valence-electron chi connectivity index (χ1n) is 10.0. The maximum atomic E-state index is 13.3. The lowest BCUT2D eigenvalue weighted by atomic mass is 9.94. The zero-order valence-electron chi connectivity index (χ0n) is 16.3. The van der Waals surface area contributed by atoms with Gasteiger partial charge in [-0.1, -0.05) is 74.7 Å². The SMILES string of the molecule is CCCCCCSC1=CC(=O)C(c2ccccc2)CN(c2ccccc2)C1=O. The van der Waals surface area contributed by atoms with E-state index in [4.69, 9.17) is 0 Å². The first-order chi connectivity index (χ1) is 13.7. The Bertz CT molecular complexity index is 817. The molecule has 3 nitrogen and oxygen atoms in total. The van der Waals surface area contributed by atoms with Crippen LogP contribution in [0, 0.1) is 0 Å². The molecular formula is C24H27NO2S. The third-order valence-corrected chi connectivity index (χ3v) is 6.06. The Labute approximate surface area is 171 Å². The molecule has 0 aliphatic carbocycles. The third kappa shape index (κ3) is 5.14. The Morgan fingerprint density at radius 3 is 2.29 bits per heavy atom. The topological polar surface area (TPSA) is 37.4 Å². The van der Waals surface area contributed by atoms with E-state index < -0.39 is 0 Å². The molecule has 0 aromatic heterocycles. The zero-order valence-corrected chi connectivity index (χ0v) is 17.2. The summed E-state index contributed by atoms with van der Waals surface area (Å²) in [5.41, 5.74) is 1.78. The number of thioether (sulfide) groups is 1. The van der Waals surface area contributed by atoms with Gasteiger partial charge >= 0.3 is 0 Å². The van der Waals surface area contributed by atoms with Crippen LogP contribution in [0.1, 0.15) is 44.1 Å². The molecule has 1 unspecified atom stereocenters. The molecule has 2 aromatic carbocycles. The molecule has 1 aliphatic heterocycles. The summed E-state index contributed by atoms with van der Waals surface area (Å²) in [4.78, 5) is 28.6. The predicted molar refractivity (Wildman–Crippen MR) is 118 cm³/mol. The van der Waals surface area contributed by atoms with Crippen LogP contribution in [0.4, 0.5) is 5.69 Å². The molecule has 0 radical (unpaired) electrons. The van der Waals surface area contributed by atoms with Crippen molar-refractivity contribution in [3.8, 4) is 0 Å². The zero-order chi connectivity index (χ0) is 19.8. The van der Waals surface area contributed by atoms with E-state index in [0.717, 1.165) is 29.8 Å². The summed E-state index contributed by atoms with van der Waals surface area (Å²) < 4.78 is 0. The van der Waals surface area contributed by atoms with Gasteiger partial charge in [-0.05, 0) is 29.9 Å². The molecule has 1 amide bonds. The second kappa shape index (κ2) is 10.3. The Balaban J connectivity index is 1.87. The van der Waals surface area contributed by atoms with Crippen molar-refractivity contribution < 1.29 is 9.59 Å². The Hall–Kier alpha value is -2.33. The fourth-order valence-corrected chi connectivity index (χ4v) is 4.38. The molecule has 146 valence electrons. The summed E-state index contributed by atoms with van der Waals surface area (Å²) in [6, 6.07) is 19.4. The maximum absolute atomic E-state index is 13.3. The standard InChI is InChI=1S/C24H27NO2S/c1-2-3-4-11-16-28-23-17-22(26)21(19-12-7-5-8-13-19)18-25(24(23)27)20-14-9-6-10-15-20/h5-10,12-15,17,21H,2-4,11,16,18H2,1H3. The summed E-state index contributed by atoms with van der Waals surface area (Å²) in [7, 11) is 0. The minimum Gasteiger partial charge on any atom is -0.307 e. The van der Waals surface area contributed by atoms with Crippen molar-refractivity contribution in [2.24, 2.45) is 0 Å². The van der Waals surface area contributed by atoms with Gasteiger partial charge in [0.2, 0.25) is 0 Å². The van der Waals surface area contributed by atoms with Gasteiger partial charge in [-0.15, -0.1) is 11.8 Å². The Morgan fingerprint density at radius 1 is 0.929 bits per heavy atom. The second-order valence-electron chi connectivity index (χ2n) is 7.03. The lowest BCUT2D eigenvalue weighted by Crippen LogP contribution is -2.34. The van der Waals surface area contributed by atoms with Crippen LogP contribution in [-0.2, 0) is 9.59 Å². The van der Waals surface area contributed by atoms with Gasteiger partial charge in [0.1, 0.15) is 0 Å². The van der Waals surface area contributed by atoms with Crippen LogP contribution < -0.4 is 4.90 Å². The molecule has 28 heavy (non-hydrogen) atoms. The number of hydrogen-bond donors (Lipinski definition) is 0. The molecule has 0 saturated heterocycles. The van der Waals surface area contributed by atoms with Gasteiger partial charge in [-0.25, -0.2) is 0 Å². The van der Waals surface area contributed by atoms with Crippen LogP contribution in [0.15, 0.2) is 71.6 Å². The third-order valence-electron chi connectivity index (χ3n) is 4.96. The van der Waals surface area contributed by atoms with E-state index in [1.165, 1.54) is 24.6 Å². The van der Waals surface area contributed by atoms with Crippen molar-refractivity contribution in [2.45, 2.75) is 38.5 Å². The van der Waals surface area contributed by atoms with Crippen LogP contribution in [0.3, 0.4) is 0 Å². The van der Waals surface area contributed by atoms with E-state index in [-0.39, 0.29) is 17.6 Å². The summed E-state index contributed by atoms with van der Waals surface area (Å²) in [6.45, 7) is 2.55. The molecule has 1 heterocycles. The van der Waals surface area contributed by atoms with Crippen LogP contribution in [0.2, 0.25) is 0 Å². The number of amides is 1. The predicted octanol–water partition coefficient (Wildman–Crippen LogP) is 5.58. The molecule has 3 rings (SSSR count). The Morgan fingerprint density at radius 2 is 1.61 bits per heavy atom. The highest BCUT2D eigenvalue weighted by molar-refractivity contribution is 8.04. The number of allylic oxidation sites excluding steroid dienone is 1. The molecule has 2 aromatic rings. The minimum atomic E-state index is -0.344. The van der Waals surface area contributed by atoms with Gasteiger partial charge in [-0.2, -0.15) is 0 Å². The average molecular weight is 394 g/mol. The largest absolute Gasteiger partial charge is 0.307 e. The molecule has 0 saturated carbocycles. The Kier molecular flexibility index (Phi) is 7.49. The highest BCUT2D eigenvalue weighted by atomic mass is 32.2. The van der Waals surface area contributed by atoms with Crippen LogP contribution in [-0.4, -0.2) is 24.0 Å². The molecule has 0 N–H and O–H groups in total. The number of ketones is 1. The van der Waals surface area contributed by atoms with E-state index in [1.54, 1.807) is 11.0 Å². The van der Waals surface area contributed by atoms with Crippen molar-refractivity contribution in [1.29, 1.82) is 0 Å². The van der Waals surface area contributed by atoms with E-state index in [9.17, 15) is 9.59 Å². The summed E-state index contributed by atoms with van der Waals surface area (Å²) in [5.74, 6) is 0.458. The minimum absolute atomic E-state index is 0.00837. The van der Waals surface area contributed by atoms with Crippen molar-refractivity contribution in [1.82, 2.24) is 0 Å².